The van der Waals surface area contributed by atoms with Crippen LogP contribution in [0.2, 0.25) is 0 Å². The van der Waals surface area contributed by atoms with Gasteiger partial charge in [-0.05, 0) is 50.6 Å². The minimum Gasteiger partial charge on any atom is -0.496 e. The summed E-state index contributed by atoms with van der Waals surface area (Å²) in [4.78, 5) is 7.06. The lowest BCUT2D eigenvalue weighted by Crippen LogP contribution is -2.49. The summed E-state index contributed by atoms with van der Waals surface area (Å²) < 4.78 is 11.5. The Kier molecular flexibility index (Phi) is 11.8. The molecule has 0 spiro atoms. The van der Waals surface area contributed by atoms with Crippen molar-refractivity contribution in [3.05, 3.63) is 29.8 Å². The van der Waals surface area contributed by atoms with E-state index < -0.39 is 0 Å². The van der Waals surface area contributed by atoms with Gasteiger partial charge in [0, 0.05) is 43.7 Å². The van der Waals surface area contributed by atoms with Crippen molar-refractivity contribution in [2.75, 3.05) is 59.3 Å². The molecule has 176 valence electrons. The standard InChI is InChI=1S/C23H38N4O2S.HI/c1-4-30-23(11-15-29-16-12-23)18-26-22(24-2)25-17-20(27-13-7-8-14-27)19-9-5-6-10-21(19)28-3;/h5-6,9-10,20H,4,7-8,11-18H2,1-3H3,(H2,24,25,26);1H. The third kappa shape index (κ3) is 7.40. The Balaban J connectivity index is 0.00000341. The molecular weight excluding hydrogens is 523 g/mol. The van der Waals surface area contributed by atoms with Crippen LogP contribution in [0, 0.1) is 0 Å². The number of hydrogen-bond donors (Lipinski definition) is 2. The predicted molar refractivity (Wildman–Crippen MR) is 142 cm³/mol. The maximum Gasteiger partial charge on any atom is 0.191 e. The Bertz CT molecular complexity index is 674. The first-order chi connectivity index (χ1) is 14.7. The summed E-state index contributed by atoms with van der Waals surface area (Å²) in [5.74, 6) is 2.95. The monoisotopic (exact) mass is 562 g/mol. The Hall–Kier alpha value is -0.710. The first-order valence-electron chi connectivity index (χ1n) is 11.2. The van der Waals surface area contributed by atoms with Crippen molar-refractivity contribution in [1.82, 2.24) is 15.5 Å². The van der Waals surface area contributed by atoms with Gasteiger partial charge in [-0.3, -0.25) is 9.89 Å². The van der Waals surface area contributed by atoms with Crippen LogP contribution in [0.4, 0.5) is 0 Å². The number of benzene rings is 1. The van der Waals surface area contributed by atoms with Crippen molar-refractivity contribution in [3.8, 4) is 5.75 Å². The predicted octanol–water partition coefficient (Wildman–Crippen LogP) is 3.92. The Labute approximate surface area is 209 Å². The fourth-order valence-electron chi connectivity index (χ4n) is 4.51. The van der Waals surface area contributed by atoms with E-state index in [1.54, 1.807) is 7.11 Å². The highest BCUT2D eigenvalue weighted by Gasteiger charge is 2.33. The number of guanidine groups is 1. The van der Waals surface area contributed by atoms with E-state index >= 15 is 0 Å². The molecule has 0 aliphatic carbocycles. The molecule has 2 fully saturated rings. The molecule has 1 atom stereocenters. The van der Waals surface area contributed by atoms with E-state index in [4.69, 9.17) is 9.47 Å². The average Bonchev–Trinajstić information content (AvgIpc) is 3.32. The second-order valence-corrected chi connectivity index (χ2v) is 9.77. The number of thioether (sulfide) groups is 1. The molecule has 0 aromatic heterocycles. The van der Waals surface area contributed by atoms with Crippen LogP contribution in [0.5, 0.6) is 5.75 Å². The van der Waals surface area contributed by atoms with Gasteiger partial charge in [0.2, 0.25) is 0 Å². The summed E-state index contributed by atoms with van der Waals surface area (Å²) in [5, 5.41) is 7.20. The molecule has 3 rings (SSSR count). The molecule has 2 heterocycles. The van der Waals surface area contributed by atoms with Crippen molar-refractivity contribution in [1.29, 1.82) is 0 Å². The SMILES string of the molecule is CCSC1(CNC(=NC)NCC(c2ccccc2OC)N2CCCC2)CCOCC1.I. The van der Waals surface area contributed by atoms with Crippen molar-refractivity contribution >= 4 is 41.7 Å². The first-order valence-corrected chi connectivity index (χ1v) is 12.2. The van der Waals surface area contributed by atoms with E-state index in [1.807, 2.05) is 24.9 Å². The van der Waals surface area contributed by atoms with Gasteiger partial charge >= 0.3 is 0 Å². The summed E-state index contributed by atoms with van der Waals surface area (Å²) in [6.45, 7) is 7.92. The van der Waals surface area contributed by atoms with Crippen LogP contribution >= 0.6 is 35.7 Å². The van der Waals surface area contributed by atoms with Crippen molar-refractivity contribution in [3.63, 3.8) is 0 Å². The lowest BCUT2D eigenvalue weighted by Gasteiger charge is -2.37. The van der Waals surface area contributed by atoms with E-state index in [1.165, 1.54) is 18.4 Å². The molecule has 8 heteroatoms. The fourth-order valence-corrected chi connectivity index (χ4v) is 5.75. The molecule has 1 unspecified atom stereocenters. The molecule has 0 radical (unpaired) electrons. The van der Waals surface area contributed by atoms with Gasteiger partial charge in [0.05, 0.1) is 13.2 Å². The fraction of sp³-hybridized carbons (Fsp3) is 0.696. The number of aliphatic imine (C=N–C) groups is 1. The number of methoxy groups -OCH3 is 1. The molecular formula is C23H39IN4O2S. The second kappa shape index (κ2) is 13.7. The van der Waals surface area contributed by atoms with Crippen molar-refractivity contribution in [2.45, 2.75) is 43.4 Å². The highest BCUT2D eigenvalue weighted by molar-refractivity contribution is 14.0. The quantitative estimate of drug-likeness (QED) is 0.271. The van der Waals surface area contributed by atoms with Crippen LogP contribution in [0.15, 0.2) is 29.3 Å². The highest BCUT2D eigenvalue weighted by Crippen LogP contribution is 2.35. The summed E-state index contributed by atoms with van der Waals surface area (Å²) >= 11 is 2.05. The number of hydrogen-bond acceptors (Lipinski definition) is 5. The molecule has 0 amide bonds. The van der Waals surface area contributed by atoms with Crippen LogP contribution in [0.25, 0.3) is 0 Å². The average molecular weight is 563 g/mol. The molecule has 1 aromatic carbocycles. The Morgan fingerprint density at radius 3 is 2.58 bits per heavy atom. The largest absolute Gasteiger partial charge is 0.496 e. The van der Waals surface area contributed by atoms with Crippen LogP contribution in [-0.2, 0) is 4.74 Å². The lowest BCUT2D eigenvalue weighted by atomic mass is 9.99. The number of rotatable bonds is 9. The van der Waals surface area contributed by atoms with Crippen LogP contribution in [0.1, 0.15) is 44.2 Å². The number of para-hydroxylation sites is 1. The summed E-state index contributed by atoms with van der Waals surface area (Å²) in [7, 11) is 3.61. The third-order valence-corrected chi connectivity index (χ3v) is 7.65. The molecule has 31 heavy (non-hydrogen) atoms. The van der Waals surface area contributed by atoms with E-state index in [2.05, 4.69) is 45.6 Å². The first kappa shape index (κ1) is 26.5. The molecule has 2 aliphatic heterocycles. The number of nitrogens with one attached hydrogen (secondary N) is 2. The van der Waals surface area contributed by atoms with Gasteiger partial charge in [-0.15, -0.1) is 24.0 Å². The van der Waals surface area contributed by atoms with Crippen LogP contribution < -0.4 is 15.4 Å². The summed E-state index contributed by atoms with van der Waals surface area (Å²) in [5.41, 5.74) is 1.24. The third-order valence-electron chi connectivity index (χ3n) is 6.20. The summed E-state index contributed by atoms with van der Waals surface area (Å²) in [6, 6.07) is 8.65. The molecule has 6 nitrogen and oxygen atoms in total. The van der Waals surface area contributed by atoms with Gasteiger partial charge in [0.1, 0.15) is 5.75 Å². The molecule has 1 aromatic rings. The van der Waals surface area contributed by atoms with E-state index in [-0.39, 0.29) is 34.8 Å². The molecule has 0 bridgehead atoms. The smallest absolute Gasteiger partial charge is 0.191 e. The summed E-state index contributed by atoms with van der Waals surface area (Å²) in [6.07, 6.45) is 4.70. The van der Waals surface area contributed by atoms with Gasteiger partial charge in [-0.2, -0.15) is 11.8 Å². The topological polar surface area (TPSA) is 58.1 Å². The van der Waals surface area contributed by atoms with Crippen LogP contribution in [0.3, 0.4) is 0 Å². The second-order valence-electron chi connectivity index (χ2n) is 8.04. The zero-order valence-electron chi connectivity index (χ0n) is 19.2. The Morgan fingerprint density at radius 1 is 1.23 bits per heavy atom. The lowest BCUT2D eigenvalue weighted by molar-refractivity contribution is 0.0782. The minimum absolute atomic E-state index is 0. The zero-order chi connectivity index (χ0) is 21.2. The molecule has 2 N–H and O–H groups in total. The van der Waals surface area contributed by atoms with Gasteiger partial charge in [-0.25, -0.2) is 0 Å². The Morgan fingerprint density at radius 2 is 1.94 bits per heavy atom. The van der Waals surface area contributed by atoms with Gasteiger partial charge in [0.15, 0.2) is 5.96 Å². The molecule has 2 saturated heterocycles. The van der Waals surface area contributed by atoms with Crippen molar-refractivity contribution < 1.29 is 9.47 Å². The van der Waals surface area contributed by atoms with E-state index in [0.29, 0.717) is 0 Å². The van der Waals surface area contributed by atoms with Gasteiger partial charge in [0.25, 0.3) is 0 Å². The number of likely N-dealkylation sites (tertiary alicyclic amines) is 1. The van der Waals surface area contributed by atoms with Gasteiger partial charge < -0.3 is 20.1 Å². The maximum atomic E-state index is 5.67. The normalized spacial score (nSPS) is 20.0. The number of halogens is 1. The van der Waals surface area contributed by atoms with E-state index in [0.717, 1.165) is 69.7 Å². The van der Waals surface area contributed by atoms with E-state index in [9.17, 15) is 0 Å². The minimum atomic E-state index is 0. The number of nitrogens with zero attached hydrogens (tertiary/aromatic N) is 2. The number of ether oxygens (including phenoxy) is 2. The maximum absolute atomic E-state index is 5.67. The molecule has 2 aliphatic rings. The zero-order valence-corrected chi connectivity index (χ0v) is 22.3. The molecule has 0 saturated carbocycles. The van der Waals surface area contributed by atoms with Gasteiger partial charge in [-0.1, -0.05) is 25.1 Å². The van der Waals surface area contributed by atoms with Crippen LogP contribution in [-0.4, -0.2) is 74.9 Å². The highest BCUT2D eigenvalue weighted by atomic mass is 127. The van der Waals surface area contributed by atoms with Crippen molar-refractivity contribution in [2.24, 2.45) is 4.99 Å².